The van der Waals surface area contributed by atoms with Gasteiger partial charge < -0.3 is 15.3 Å². The van der Waals surface area contributed by atoms with Crippen LogP contribution in [0.15, 0.2) is 114 Å². The van der Waals surface area contributed by atoms with E-state index in [2.05, 4.69) is 15.1 Å². The molecule has 4 aromatic rings. The Morgan fingerprint density at radius 2 is 0.839 bits per heavy atom. The Morgan fingerprint density at radius 1 is 0.484 bits per heavy atom. The molecule has 0 bridgehead atoms. The number of pyridine rings is 1. The molecule has 0 aliphatic rings. The Labute approximate surface area is 402 Å². The van der Waals surface area contributed by atoms with Gasteiger partial charge in [0.15, 0.2) is 17.3 Å². The smallest absolute Gasteiger partial charge is 0.264 e. The van der Waals surface area contributed by atoms with E-state index in [0.717, 1.165) is 22.4 Å². The average Bonchev–Trinajstić information content (AvgIpc) is 3.13. The summed E-state index contributed by atoms with van der Waals surface area (Å²) in [5.74, 6) is -0.0114. The number of fused-ring (bicyclic) bond motifs is 1. The first-order chi connectivity index (χ1) is 27.6. The maximum atomic E-state index is 11.4. The quantitative estimate of drug-likeness (QED) is 0.108. The number of para-hydroxylation sites is 3. The van der Waals surface area contributed by atoms with Crippen LogP contribution in [0.1, 0.15) is 125 Å². The van der Waals surface area contributed by atoms with Gasteiger partial charge in [0.05, 0.1) is 0 Å². The molecule has 2 heterocycles. The molecular formula is C51H70DyN4O6-2. The van der Waals surface area contributed by atoms with Crippen LogP contribution < -0.4 is 20.0 Å². The molecule has 0 saturated carbocycles. The average molecular weight is 998 g/mol. The van der Waals surface area contributed by atoms with E-state index in [-0.39, 0.29) is 72.8 Å². The first kappa shape index (κ1) is 57.8. The van der Waals surface area contributed by atoms with Crippen LogP contribution in [0.2, 0.25) is 0 Å². The molecule has 0 fully saturated rings. The standard InChI is InChI=1S/C18H13N4.3C11H20O2.Dy/c1-2-8-14(9-3-1)22-17-12-5-4-10-15(17)20-18(21-22)16-11-6-7-13-19-16;3*1-10(2,3)8(12)7-9(13)11(4,5)6;/h1-13H;3*7,12H,1-6H3;/q+1;;;;/p-3/b;3*8-7-;. The van der Waals surface area contributed by atoms with E-state index in [4.69, 9.17) is 0 Å². The van der Waals surface area contributed by atoms with Crippen LogP contribution in [0.3, 0.4) is 0 Å². The number of benzene rings is 2. The third kappa shape index (κ3) is 20.3. The van der Waals surface area contributed by atoms with Gasteiger partial charge in [0.1, 0.15) is 11.2 Å². The fourth-order valence-corrected chi connectivity index (χ4v) is 4.05. The van der Waals surface area contributed by atoms with Crippen molar-refractivity contribution >= 4 is 28.4 Å². The Hall–Kier alpha value is -4.24. The predicted octanol–water partition coefficient (Wildman–Crippen LogP) is 8.64. The van der Waals surface area contributed by atoms with Crippen molar-refractivity contribution in [3.63, 3.8) is 0 Å². The van der Waals surface area contributed by atoms with Crippen molar-refractivity contribution in [1.82, 2.24) is 15.1 Å². The SMILES string of the molecule is CC(C)(C)C(=O)/C=C(\[O-])C(C)(C)C.CC(C)(C)C(=O)/C=C(\[O-])C(C)(C)C.CC(C)(C)C(=O)/C=C(\[O-])C(C)(C)C.[Dy].c1ccc(-[n+]2nc(-c3ccccn3)nc3ccccc32)cc1. The van der Waals surface area contributed by atoms with Crippen molar-refractivity contribution in [1.29, 1.82) is 0 Å². The van der Waals surface area contributed by atoms with Crippen LogP contribution in [0.5, 0.6) is 0 Å². The van der Waals surface area contributed by atoms with Crippen molar-refractivity contribution < 1.29 is 72.6 Å². The van der Waals surface area contributed by atoms with Gasteiger partial charge in [0.2, 0.25) is 11.5 Å². The van der Waals surface area contributed by atoms with Crippen LogP contribution >= 0.6 is 0 Å². The van der Waals surface area contributed by atoms with Gasteiger partial charge in [-0.15, -0.1) is 17.3 Å². The van der Waals surface area contributed by atoms with E-state index in [1.165, 1.54) is 18.2 Å². The van der Waals surface area contributed by atoms with Gasteiger partial charge in [-0.1, -0.05) is 161 Å². The fourth-order valence-electron chi connectivity index (χ4n) is 4.05. The second-order valence-electron chi connectivity index (χ2n) is 21.0. The number of carbonyl (C=O) groups excluding carboxylic acids is 3. The molecule has 342 valence electrons. The topological polar surface area (TPSA) is 163 Å². The third-order valence-electron chi connectivity index (χ3n) is 8.65. The molecule has 62 heavy (non-hydrogen) atoms. The maximum Gasteiger partial charge on any atom is 0.264 e. The Balaban J connectivity index is 0.000000829. The second kappa shape index (κ2) is 23.4. The molecule has 2 aromatic carbocycles. The van der Waals surface area contributed by atoms with Gasteiger partial charge >= 0.3 is 0 Å². The summed E-state index contributed by atoms with van der Waals surface area (Å²) in [4.78, 5) is 43.3. The Kier molecular flexibility index (Phi) is 21.8. The van der Waals surface area contributed by atoms with Crippen LogP contribution in [-0.4, -0.2) is 32.4 Å². The normalized spacial score (nSPS) is 12.9. The molecule has 0 aliphatic carbocycles. The van der Waals surface area contributed by atoms with Gasteiger partial charge in [-0.3, -0.25) is 19.4 Å². The minimum Gasteiger partial charge on any atom is -0.875 e. The summed E-state index contributed by atoms with van der Waals surface area (Å²) in [5.41, 5.74) is 0.873. The molecule has 0 amide bonds. The van der Waals surface area contributed by atoms with Crippen LogP contribution in [0.4, 0.5) is 0 Å². The number of nitrogens with zero attached hydrogens (tertiary/aromatic N) is 4. The minimum atomic E-state index is -0.457. The Morgan fingerprint density at radius 3 is 1.18 bits per heavy atom. The predicted molar refractivity (Wildman–Crippen MR) is 240 cm³/mol. The van der Waals surface area contributed by atoms with E-state index in [1.807, 2.05) is 202 Å². The number of aromatic nitrogens is 4. The summed E-state index contributed by atoms with van der Waals surface area (Å²) in [5, 5.41) is 39.0. The van der Waals surface area contributed by atoms with E-state index < -0.39 is 32.5 Å². The summed E-state index contributed by atoms with van der Waals surface area (Å²) in [6.07, 6.45) is 5.42. The minimum absolute atomic E-state index is 0. The number of rotatable bonds is 5. The molecule has 11 heteroatoms. The van der Waals surface area contributed by atoms with Crippen molar-refractivity contribution in [2.24, 2.45) is 32.5 Å². The zero-order valence-electron chi connectivity index (χ0n) is 40.3. The summed E-state index contributed by atoms with van der Waals surface area (Å²) < 4.78 is 1.91. The maximum absolute atomic E-state index is 11.4. The molecule has 0 radical (unpaired) electrons. The van der Waals surface area contributed by atoms with Gasteiger partial charge in [-0.05, 0) is 57.4 Å². The first-order valence-electron chi connectivity index (χ1n) is 20.5. The van der Waals surface area contributed by atoms with Crippen LogP contribution in [-0.2, 0) is 14.4 Å². The monoisotopic (exact) mass is 998 g/mol. The van der Waals surface area contributed by atoms with E-state index >= 15 is 0 Å². The summed E-state index contributed by atoms with van der Waals surface area (Å²) in [6.45, 7) is 32.5. The summed E-state index contributed by atoms with van der Waals surface area (Å²) in [7, 11) is 0. The molecule has 0 saturated heterocycles. The molecule has 0 unspecified atom stereocenters. The van der Waals surface area contributed by atoms with Gasteiger partial charge in [0.25, 0.3) is 5.52 Å². The van der Waals surface area contributed by atoms with E-state index in [1.54, 1.807) is 6.20 Å². The molecule has 4 rings (SSSR count). The third-order valence-corrected chi connectivity index (χ3v) is 8.65. The second-order valence-corrected chi connectivity index (χ2v) is 21.0. The molecule has 0 atom stereocenters. The molecular weight excluding hydrogens is 927 g/mol. The number of carbonyl (C=O) groups is 3. The number of allylic oxidation sites excluding steroid dienone is 6. The molecule has 0 N–H and O–H groups in total. The largest absolute Gasteiger partial charge is 0.875 e. The van der Waals surface area contributed by atoms with Gasteiger partial charge in [0, 0.05) is 83.9 Å². The number of hydrogen-bond acceptors (Lipinski definition) is 9. The summed E-state index contributed by atoms with van der Waals surface area (Å²) >= 11 is 0. The van der Waals surface area contributed by atoms with Crippen molar-refractivity contribution in [3.05, 3.63) is 114 Å². The van der Waals surface area contributed by atoms with Crippen molar-refractivity contribution in [3.8, 4) is 17.2 Å². The van der Waals surface area contributed by atoms with Crippen LogP contribution in [0.25, 0.3) is 28.2 Å². The Bertz CT molecular complexity index is 2050. The number of ketones is 3. The zero-order chi connectivity index (χ0) is 47.4. The van der Waals surface area contributed by atoms with Gasteiger partial charge in [-0.2, -0.15) is 0 Å². The molecule has 0 aliphatic heterocycles. The fraction of sp³-hybridized carbons (Fsp3) is 0.471. The zero-order valence-corrected chi connectivity index (χ0v) is 42.3. The molecule has 0 spiro atoms. The van der Waals surface area contributed by atoms with Crippen molar-refractivity contribution in [2.75, 3.05) is 0 Å². The molecule has 2 aromatic heterocycles. The summed E-state index contributed by atoms with van der Waals surface area (Å²) in [6, 6.07) is 23.8. The first-order valence-corrected chi connectivity index (χ1v) is 20.5. The van der Waals surface area contributed by atoms with Crippen molar-refractivity contribution in [2.45, 2.75) is 125 Å². The van der Waals surface area contributed by atoms with Gasteiger partial charge in [-0.25, -0.2) is 4.98 Å². The van der Waals surface area contributed by atoms with Crippen LogP contribution in [0, 0.1) is 70.7 Å². The van der Waals surface area contributed by atoms with E-state index in [0.29, 0.717) is 5.82 Å². The van der Waals surface area contributed by atoms with E-state index in [9.17, 15) is 29.7 Å². The molecule has 10 nitrogen and oxygen atoms in total. The number of hydrogen-bond donors (Lipinski definition) is 0.